The fourth-order valence-electron chi connectivity index (χ4n) is 2.34. The average molecular weight is 311 g/mol. The summed E-state index contributed by atoms with van der Waals surface area (Å²) in [7, 11) is 0. The topological polar surface area (TPSA) is 106 Å². The van der Waals surface area contributed by atoms with Crippen LogP contribution in [0.3, 0.4) is 0 Å². The summed E-state index contributed by atoms with van der Waals surface area (Å²) in [4.78, 5) is 23.4. The first-order valence-corrected chi connectivity index (χ1v) is 8.35. The van der Waals surface area contributed by atoms with E-state index in [1.807, 2.05) is 6.92 Å². The van der Waals surface area contributed by atoms with E-state index in [1.54, 1.807) is 4.57 Å². The molecule has 1 unspecified atom stereocenters. The average Bonchev–Trinajstić information content (AvgIpc) is 3.32. The van der Waals surface area contributed by atoms with E-state index in [-0.39, 0.29) is 11.6 Å². The molecule has 2 saturated carbocycles. The predicted octanol–water partition coefficient (Wildman–Crippen LogP) is 0.384. The molecule has 0 aliphatic heterocycles. The van der Waals surface area contributed by atoms with Gasteiger partial charge in [0.15, 0.2) is 5.16 Å². The lowest BCUT2D eigenvalue weighted by atomic mass is 9.98. The van der Waals surface area contributed by atoms with E-state index in [4.69, 9.17) is 5.73 Å². The number of nitrogens with one attached hydrogen (secondary N) is 2. The van der Waals surface area contributed by atoms with Crippen LogP contribution in [0.25, 0.3) is 0 Å². The maximum absolute atomic E-state index is 11.7. The summed E-state index contributed by atoms with van der Waals surface area (Å²) in [5, 5.41) is 10.6. The third-order valence-corrected chi connectivity index (χ3v) is 5.02. The molecule has 116 valence electrons. The lowest BCUT2D eigenvalue weighted by molar-refractivity contribution is -0.124. The third-order valence-electron chi connectivity index (χ3n) is 4.06. The highest BCUT2D eigenvalue weighted by Crippen LogP contribution is 2.36. The number of thioether (sulfide) groups is 1. The van der Waals surface area contributed by atoms with Gasteiger partial charge < -0.3 is 11.1 Å². The van der Waals surface area contributed by atoms with Crippen molar-refractivity contribution in [3.8, 4) is 0 Å². The normalized spacial score (nSPS) is 21.2. The first kappa shape index (κ1) is 14.6. The zero-order valence-electron chi connectivity index (χ0n) is 12.1. The molecule has 2 aliphatic rings. The van der Waals surface area contributed by atoms with Crippen molar-refractivity contribution < 1.29 is 4.79 Å². The highest BCUT2D eigenvalue weighted by molar-refractivity contribution is 7.99. The van der Waals surface area contributed by atoms with Crippen LogP contribution in [0.5, 0.6) is 0 Å². The Morgan fingerprint density at radius 2 is 2.24 bits per heavy atom. The number of amides is 1. The van der Waals surface area contributed by atoms with Gasteiger partial charge in [0, 0.05) is 17.8 Å². The number of rotatable bonds is 8. The molecule has 2 aliphatic carbocycles. The minimum absolute atomic E-state index is 0.145. The van der Waals surface area contributed by atoms with Crippen molar-refractivity contribution in [3.63, 3.8) is 0 Å². The minimum Gasteiger partial charge on any atom is -0.368 e. The second kappa shape index (κ2) is 5.49. The Morgan fingerprint density at radius 1 is 1.52 bits per heavy atom. The zero-order valence-corrected chi connectivity index (χ0v) is 12.9. The molecule has 0 saturated heterocycles. The van der Waals surface area contributed by atoms with Gasteiger partial charge in [0.2, 0.25) is 5.91 Å². The molecule has 1 aromatic heterocycles. The summed E-state index contributed by atoms with van der Waals surface area (Å²) < 4.78 is 1.72. The van der Waals surface area contributed by atoms with Crippen LogP contribution in [0.2, 0.25) is 0 Å². The molecule has 8 heteroatoms. The van der Waals surface area contributed by atoms with E-state index < -0.39 is 5.54 Å². The molecular formula is C13H21N5O2S. The molecule has 0 bridgehead atoms. The quantitative estimate of drug-likeness (QED) is 0.602. The lowest BCUT2D eigenvalue weighted by Gasteiger charge is -2.27. The van der Waals surface area contributed by atoms with Crippen LogP contribution in [-0.2, 0) is 4.79 Å². The second-order valence-corrected chi connectivity index (χ2v) is 7.19. The fourth-order valence-corrected chi connectivity index (χ4v) is 3.51. The molecule has 1 amide bonds. The smallest absolute Gasteiger partial charge is 0.344 e. The number of aromatic nitrogens is 3. The number of hydrogen-bond acceptors (Lipinski definition) is 5. The summed E-state index contributed by atoms with van der Waals surface area (Å²) in [5.41, 5.74) is 4.70. The molecule has 2 fully saturated rings. The number of H-pyrrole nitrogens is 1. The van der Waals surface area contributed by atoms with Crippen molar-refractivity contribution in [1.29, 1.82) is 0 Å². The van der Waals surface area contributed by atoms with Gasteiger partial charge in [0.05, 0.1) is 5.54 Å². The van der Waals surface area contributed by atoms with E-state index in [9.17, 15) is 9.59 Å². The van der Waals surface area contributed by atoms with Crippen LogP contribution >= 0.6 is 11.8 Å². The molecular weight excluding hydrogens is 290 g/mol. The first-order chi connectivity index (χ1) is 9.99. The van der Waals surface area contributed by atoms with Gasteiger partial charge in [-0.1, -0.05) is 11.8 Å². The summed E-state index contributed by atoms with van der Waals surface area (Å²) in [6.45, 7) is 1.85. The Hall–Kier alpha value is -1.28. The van der Waals surface area contributed by atoms with E-state index >= 15 is 0 Å². The van der Waals surface area contributed by atoms with E-state index in [0.717, 1.165) is 25.7 Å². The second-order valence-electron chi connectivity index (χ2n) is 6.13. The molecule has 4 N–H and O–H groups in total. The molecule has 1 heterocycles. The predicted molar refractivity (Wildman–Crippen MR) is 80.2 cm³/mol. The Labute approximate surface area is 127 Å². The van der Waals surface area contributed by atoms with Gasteiger partial charge in [-0.2, -0.15) is 0 Å². The molecule has 1 aromatic rings. The van der Waals surface area contributed by atoms with E-state index in [1.165, 1.54) is 11.8 Å². The molecule has 3 rings (SSSR count). The van der Waals surface area contributed by atoms with Crippen molar-refractivity contribution in [2.24, 2.45) is 5.73 Å². The van der Waals surface area contributed by atoms with Crippen LogP contribution in [0.1, 0.15) is 45.1 Å². The Kier molecular flexibility index (Phi) is 3.83. The number of aromatic amines is 1. The highest BCUT2D eigenvalue weighted by Gasteiger charge is 2.37. The van der Waals surface area contributed by atoms with Gasteiger partial charge in [-0.15, -0.1) is 5.10 Å². The van der Waals surface area contributed by atoms with Crippen molar-refractivity contribution in [2.75, 3.05) is 5.75 Å². The third kappa shape index (κ3) is 3.32. The molecule has 1 atom stereocenters. The van der Waals surface area contributed by atoms with Crippen molar-refractivity contribution in [1.82, 2.24) is 20.1 Å². The van der Waals surface area contributed by atoms with Gasteiger partial charge >= 0.3 is 5.69 Å². The van der Waals surface area contributed by atoms with Crippen molar-refractivity contribution in [3.05, 3.63) is 10.5 Å². The van der Waals surface area contributed by atoms with Gasteiger partial charge in [-0.3, -0.25) is 9.36 Å². The van der Waals surface area contributed by atoms with Crippen LogP contribution in [0.4, 0.5) is 0 Å². The van der Waals surface area contributed by atoms with Crippen molar-refractivity contribution in [2.45, 2.75) is 61.8 Å². The van der Waals surface area contributed by atoms with Crippen molar-refractivity contribution >= 4 is 17.7 Å². The number of hydrogen-bond donors (Lipinski definition) is 3. The fraction of sp³-hybridized carbons (Fsp3) is 0.769. The van der Waals surface area contributed by atoms with Crippen LogP contribution in [0, 0.1) is 0 Å². The number of primary amides is 1. The zero-order chi connectivity index (χ0) is 15.0. The molecule has 0 spiro atoms. The number of nitrogens with two attached hydrogens (primary N) is 1. The minimum atomic E-state index is -0.685. The van der Waals surface area contributed by atoms with Gasteiger partial charge in [-0.25, -0.2) is 9.89 Å². The Morgan fingerprint density at radius 3 is 2.81 bits per heavy atom. The van der Waals surface area contributed by atoms with Crippen LogP contribution < -0.4 is 16.7 Å². The molecule has 0 aromatic carbocycles. The SMILES string of the molecule is CC(CCSc1n[nH]c(=O)n1C1CC1)(NC1CC1)C(N)=O. The highest BCUT2D eigenvalue weighted by atomic mass is 32.2. The largest absolute Gasteiger partial charge is 0.368 e. The Balaban J connectivity index is 1.59. The molecule has 7 nitrogen and oxygen atoms in total. The maximum atomic E-state index is 11.7. The van der Waals surface area contributed by atoms with Gasteiger partial charge in [0.1, 0.15) is 0 Å². The van der Waals surface area contributed by atoms with Crippen LogP contribution in [-0.4, -0.2) is 38.0 Å². The summed E-state index contributed by atoms with van der Waals surface area (Å²) >= 11 is 1.50. The summed E-state index contributed by atoms with van der Waals surface area (Å²) in [6, 6.07) is 0.716. The van der Waals surface area contributed by atoms with Crippen LogP contribution in [0.15, 0.2) is 9.95 Å². The molecule has 21 heavy (non-hydrogen) atoms. The van der Waals surface area contributed by atoms with Gasteiger partial charge in [0.25, 0.3) is 0 Å². The number of carbonyl (C=O) groups is 1. The molecule has 0 radical (unpaired) electrons. The number of nitrogens with zero attached hydrogens (tertiary/aromatic N) is 2. The summed E-state index contributed by atoms with van der Waals surface area (Å²) in [6.07, 6.45) is 4.91. The number of carbonyl (C=O) groups excluding carboxylic acids is 1. The standard InChI is InChI=1S/C13H21N5O2S/c1-13(10(14)19,15-8-2-3-8)6-7-21-12-17-16-11(20)18(12)9-4-5-9/h8-9,15H,2-7H2,1H3,(H2,14,19)(H,16,20). The maximum Gasteiger partial charge on any atom is 0.344 e. The Bertz CT molecular complexity index is 590. The summed E-state index contributed by atoms with van der Waals surface area (Å²) in [5.74, 6) is 0.368. The monoisotopic (exact) mass is 311 g/mol. The van der Waals surface area contributed by atoms with Gasteiger partial charge in [-0.05, 0) is 39.0 Å². The first-order valence-electron chi connectivity index (χ1n) is 7.37. The van der Waals surface area contributed by atoms with E-state index in [2.05, 4.69) is 15.5 Å². The van der Waals surface area contributed by atoms with E-state index in [0.29, 0.717) is 29.4 Å². The lowest BCUT2D eigenvalue weighted by Crippen LogP contribution is -2.54.